The van der Waals surface area contributed by atoms with Crippen LogP contribution in [-0.4, -0.2) is 4.98 Å². The molecule has 2 aromatic rings. The van der Waals surface area contributed by atoms with E-state index in [9.17, 15) is 0 Å². The highest BCUT2D eigenvalue weighted by atomic mass is 14.6. The second kappa shape index (κ2) is 4.74. The van der Waals surface area contributed by atoms with Crippen molar-refractivity contribution in [2.45, 2.75) is 19.8 Å². The molecule has 0 unspecified atom stereocenters. The average molecular weight is 197 g/mol. The van der Waals surface area contributed by atoms with Crippen LogP contribution in [0.25, 0.3) is 17.0 Å². The van der Waals surface area contributed by atoms with E-state index in [0.29, 0.717) is 0 Å². The number of unbranched alkanes of at least 4 members (excludes halogenated alkanes) is 1. The Labute approximate surface area is 90.5 Å². The first-order valence-electron chi connectivity index (χ1n) is 5.41. The van der Waals surface area contributed by atoms with Crippen molar-refractivity contribution in [1.82, 2.24) is 4.98 Å². The predicted octanol–water partition coefficient (Wildman–Crippen LogP) is 4.05. The highest BCUT2D eigenvalue weighted by molar-refractivity contribution is 5.80. The zero-order chi connectivity index (χ0) is 10.5. The van der Waals surface area contributed by atoms with Crippen LogP contribution in [0.1, 0.15) is 25.3 Å². The van der Waals surface area contributed by atoms with Crippen LogP contribution >= 0.6 is 0 Å². The van der Waals surface area contributed by atoms with Gasteiger partial charge < -0.3 is 0 Å². The lowest BCUT2D eigenvalue weighted by Gasteiger charge is -1.97. The molecule has 1 aromatic carbocycles. The van der Waals surface area contributed by atoms with Crippen LogP contribution in [0.15, 0.2) is 42.6 Å². The number of fused-ring (bicyclic) bond motifs is 1. The van der Waals surface area contributed by atoms with Gasteiger partial charge in [-0.25, -0.2) is 0 Å². The maximum Gasteiger partial charge on any atom is 0.0702 e. The summed E-state index contributed by atoms with van der Waals surface area (Å²) < 4.78 is 0. The SMILES string of the molecule is CCC/C=C/c1cnc2ccccc2c1. The van der Waals surface area contributed by atoms with Crippen molar-refractivity contribution in [1.29, 1.82) is 0 Å². The quantitative estimate of drug-likeness (QED) is 0.723. The Bertz CT molecular complexity index is 471. The van der Waals surface area contributed by atoms with E-state index >= 15 is 0 Å². The molecule has 1 nitrogen and oxygen atoms in total. The number of hydrogen-bond acceptors (Lipinski definition) is 1. The monoisotopic (exact) mass is 197 g/mol. The van der Waals surface area contributed by atoms with Crippen molar-refractivity contribution in [2.24, 2.45) is 0 Å². The Morgan fingerprint density at radius 1 is 1.27 bits per heavy atom. The third kappa shape index (κ3) is 2.44. The Kier molecular flexibility index (Phi) is 3.13. The fourth-order valence-corrected chi connectivity index (χ4v) is 1.57. The lowest BCUT2D eigenvalue weighted by atomic mass is 10.1. The molecule has 0 saturated heterocycles. The van der Waals surface area contributed by atoms with Gasteiger partial charge in [0.15, 0.2) is 0 Å². The largest absolute Gasteiger partial charge is 0.256 e. The van der Waals surface area contributed by atoms with Crippen LogP contribution in [0.3, 0.4) is 0 Å². The van der Waals surface area contributed by atoms with Gasteiger partial charge in [0.1, 0.15) is 0 Å². The zero-order valence-electron chi connectivity index (χ0n) is 8.98. The summed E-state index contributed by atoms with van der Waals surface area (Å²) in [5.41, 5.74) is 2.24. The molecule has 0 bridgehead atoms. The fourth-order valence-electron chi connectivity index (χ4n) is 1.57. The van der Waals surface area contributed by atoms with Crippen molar-refractivity contribution >= 4 is 17.0 Å². The molecule has 2 rings (SSSR count). The van der Waals surface area contributed by atoms with E-state index in [1.807, 2.05) is 24.4 Å². The average Bonchev–Trinajstić information content (AvgIpc) is 2.29. The third-order valence-corrected chi connectivity index (χ3v) is 2.38. The van der Waals surface area contributed by atoms with Crippen LogP contribution < -0.4 is 0 Å². The smallest absolute Gasteiger partial charge is 0.0702 e. The molecule has 0 aliphatic heterocycles. The van der Waals surface area contributed by atoms with E-state index < -0.39 is 0 Å². The summed E-state index contributed by atoms with van der Waals surface area (Å²) in [4.78, 5) is 4.41. The molecule has 0 atom stereocenters. The Balaban J connectivity index is 2.30. The van der Waals surface area contributed by atoms with Crippen LogP contribution in [0.5, 0.6) is 0 Å². The summed E-state index contributed by atoms with van der Waals surface area (Å²) in [6, 6.07) is 10.4. The molecule has 76 valence electrons. The third-order valence-electron chi connectivity index (χ3n) is 2.38. The predicted molar refractivity (Wildman–Crippen MR) is 65.7 cm³/mol. The number of allylic oxidation sites excluding steroid dienone is 1. The van der Waals surface area contributed by atoms with Gasteiger partial charge in [0.05, 0.1) is 5.52 Å². The molecule has 0 aliphatic rings. The molecule has 0 saturated carbocycles. The highest BCUT2D eigenvalue weighted by Crippen LogP contribution is 2.13. The zero-order valence-corrected chi connectivity index (χ0v) is 8.98. The van der Waals surface area contributed by atoms with Crippen LogP contribution in [0.4, 0.5) is 0 Å². The fraction of sp³-hybridized carbons (Fsp3) is 0.214. The van der Waals surface area contributed by atoms with Crippen molar-refractivity contribution in [2.75, 3.05) is 0 Å². The second-order valence-corrected chi connectivity index (χ2v) is 3.65. The van der Waals surface area contributed by atoms with E-state index in [1.165, 1.54) is 17.4 Å². The van der Waals surface area contributed by atoms with Crippen LogP contribution in [0, 0.1) is 0 Å². The summed E-state index contributed by atoms with van der Waals surface area (Å²) in [5, 5.41) is 1.20. The number of nitrogens with zero attached hydrogens (tertiary/aromatic N) is 1. The Morgan fingerprint density at radius 2 is 2.13 bits per heavy atom. The summed E-state index contributed by atoms with van der Waals surface area (Å²) in [6.45, 7) is 2.18. The van der Waals surface area contributed by atoms with Gasteiger partial charge in [-0.2, -0.15) is 0 Å². The van der Waals surface area contributed by atoms with Gasteiger partial charge in [-0.05, 0) is 24.1 Å². The molecule has 0 spiro atoms. The van der Waals surface area contributed by atoms with Crippen molar-refractivity contribution in [3.8, 4) is 0 Å². The number of aromatic nitrogens is 1. The lowest BCUT2D eigenvalue weighted by Crippen LogP contribution is -1.80. The van der Waals surface area contributed by atoms with Crippen molar-refractivity contribution in [3.05, 3.63) is 48.2 Å². The molecule has 1 heteroatoms. The highest BCUT2D eigenvalue weighted by Gasteiger charge is 1.93. The van der Waals surface area contributed by atoms with Crippen LogP contribution in [-0.2, 0) is 0 Å². The topological polar surface area (TPSA) is 12.9 Å². The summed E-state index contributed by atoms with van der Waals surface area (Å²) in [7, 11) is 0. The lowest BCUT2D eigenvalue weighted by molar-refractivity contribution is 0.962. The van der Waals surface area contributed by atoms with Gasteiger partial charge in [0, 0.05) is 11.6 Å². The van der Waals surface area contributed by atoms with Crippen LogP contribution in [0.2, 0.25) is 0 Å². The normalized spacial score (nSPS) is 11.3. The van der Waals surface area contributed by atoms with Gasteiger partial charge in [-0.3, -0.25) is 4.98 Å². The second-order valence-electron chi connectivity index (χ2n) is 3.65. The van der Waals surface area contributed by atoms with Gasteiger partial charge in [0.2, 0.25) is 0 Å². The minimum Gasteiger partial charge on any atom is -0.256 e. The molecule has 0 aliphatic carbocycles. The van der Waals surface area contributed by atoms with E-state index in [2.05, 4.69) is 36.2 Å². The van der Waals surface area contributed by atoms with Crippen molar-refractivity contribution < 1.29 is 0 Å². The maximum absolute atomic E-state index is 4.41. The molecule has 1 heterocycles. The Hall–Kier alpha value is -1.63. The first kappa shape index (κ1) is 9.91. The number of benzene rings is 1. The van der Waals surface area contributed by atoms with E-state index in [4.69, 9.17) is 0 Å². The molecule has 0 amide bonds. The Morgan fingerprint density at radius 3 is 3.00 bits per heavy atom. The minimum absolute atomic E-state index is 1.06. The molecule has 0 radical (unpaired) electrons. The number of hydrogen-bond donors (Lipinski definition) is 0. The van der Waals surface area contributed by atoms with E-state index in [1.54, 1.807) is 0 Å². The van der Waals surface area contributed by atoms with Gasteiger partial charge >= 0.3 is 0 Å². The molecule has 1 aromatic heterocycles. The van der Waals surface area contributed by atoms with Gasteiger partial charge in [-0.15, -0.1) is 0 Å². The van der Waals surface area contributed by atoms with Gasteiger partial charge in [0.25, 0.3) is 0 Å². The number of pyridine rings is 1. The van der Waals surface area contributed by atoms with Gasteiger partial charge in [-0.1, -0.05) is 43.7 Å². The number of para-hydroxylation sites is 1. The minimum atomic E-state index is 1.06. The van der Waals surface area contributed by atoms with Crippen molar-refractivity contribution in [3.63, 3.8) is 0 Å². The molecule has 0 N–H and O–H groups in total. The standard InChI is InChI=1S/C14H15N/c1-2-3-4-7-12-10-13-8-5-6-9-14(13)15-11-12/h4-11H,2-3H2,1H3/b7-4+. The summed E-state index contributed by atoms with van der Waals surface area (Å²) in [5.74, 6) is 0. The van der Waals surface area contributed by atoms with E-state index in [-0.39, 0.29) is 0 Å². The first-order valence-corrected chi connectivity index (χ1v) is 5.41. The molecular formula is C14H15N. The number of rotatable bonds is 3. The molecule has 15 heavy (non-hydrogen) atoms. The maximum atomic E-state index is 4.41. The summed E-state index contributed by atoms with van der Waals surface area (Å²) >= 11 is 0. The van der Waals surface area contributed by atoms with E-state index in [0.717, 1.165) is 11.9 Å². The molecule has 0 fully saturated rings. The molecular weight excluding hydrogens is 182 g/mol. The first-order chi connectivity index (χ1) is 7.40. The summed E-state index contributed by atoms with van der Waals surface area (Å²) in [6.07, 6.45) is 8.59.